The summed E-state index contributed by atoms with van der Waals surface area (Å²) in [6, 6.07) is 13.9. The van der Waals surface area contributed by atoms with Gasteiger partial charge < -0.3 is 9.80 Å². The number of hydrogen-bond donors (Lipinski definition) is 0. The summed E-state index contributed by atoms with van der Waals surface area (Å²) in [5.74, 6) is 0.917. The van der Waals surface area contributed by atoms with Crippen LogP contribution in [0.15, 0.2) is 58.8 Å². The van der Waals surface area contributed by atoms with Crippen molar-refractivity contribution in [2.24, 2.45) is 0 Å². The number of aryl methyl sites for hydroxylation is 1. The first-order valence-electron chi connectivity index (χ1n) is 9.31. The molecule has 4 rings (SSSR count). The van der Waals surface area contributed by atoms with E-state index in [1.165, 1.54) is 0 Å². The van der Waals surface area contributed by atoms with Gasteiger partial charge in [0.05, 0.1) is 5.69 Å². The number of thiazole rings is 1. The van der Waals surface area contributed by atoms with Gasteiger partial charge >= 0.3 is 4.87 Å². The van der Waals surface area contributed by atoms with E-state index in [0.717, 1.165) is 47.1 Å². The van der Waals surface area contributed by atoms with Crippen LogP contribution in [0.1, 0.15) is 5.56 Å². The van der Waals surface area contributed by atoms with Gasteiger partial charge in [-0.15, -0.1) is 0 Å². The number of pyridine rings is 1. The highest BCUT2D eigenvalue weighted by Crippen LogP contribution is 2.21. The summed E-state index contributed by atoms with van der Waals surface area (Å²) in [7, 11) is 0. The van der Waals surface area contributed by atoms with Crippen molar-refractivity contribution in [1.29, 1.82) is 0 Å². The Labute approximate surface area is 167 Å². The molecule has 0 unspecified atom stereocenters. The normalized spacial score (nSPS) is 14.3. The summed E-state index contributed by atoms with van der Waals surface area (Å²) in [5.41, 5.74) is 2.92. The Bertz CT molecular complexity index is 1000. The van der Waals surface area contributed by atoms with Crippen molar-refractivity contribution in [2.75, 3.05) is 31.1 Å². The first-order valence-corrected chi connectivity index (χ1v) is 10.2. The number of rotatable bonds is 4. The Kier molecular flexibility index (Phi) is 5.25. The quantitative estimate of drug-likeness (QED) is 0.683. The summed E-state index contributed by atoms with van der Waals surface area (Å²) in [4.78, 5) is 33.5. The molecule has 6 nitrogen and oxygen atoms in total. The molecule has 0 N–H and O–H groups in total. The van der Waals surface area contributed by atoms with E-state index in [4.69, 9.17) is 0 Å². The maximum atomic E-state index is 12.8. The smallest absolute Gasteiger partial charge is 0.308 e. The molecule has 1 saturated heterocycles. The molecule has 144 valence electrons. The molecule has 1 aliphatic rings. The Hall–Kier alpha value is -2.93. The van der Waals surface area contributed by atoms with E-state index in [-0.39, 0.29) is 17.3 Å². The fraction of sp³-hybridized carbons (Fsp3) is 0.286. The van der Waals surface area contributed by atoms with Gasteiger partial charge in [0.2, 0.25) is 5.91 Å². The van der Waals surface area contributed by atoms with Crippen molar-refractivity contribution >= 4 is 23.1 Å². The van der Waals surface area contributed by atoms with Crippen molar-refractivity contribution < 1.29 is 4.79 Å². The monoisotopic (exact) mass is 394 g/mol. The maximum Gasteiger partial charge on any atom is 0.308 e. The Morgan fingerprint density at radius 2 is 1.82 bits per heavy atom. The zero-order valence-corrected chi connectivity index (χ0v) is 16.6. The minimum atomic E-state index is -0.101. The first-order chi connectivity index (χ1) is 13.6. The summed E-state index contributed by atoms with van der Waals surface area (Å²) in [6.45, 7) is 4.86. The zero-order chi connectivity index (χ0) is 19.5. The van der Waals surface area contributed by atoms with Crippen molar-refractivity contribution in [3.8, 4) is 11.3 Å². The van der Waals surface area contributed by atoms with Gasteiger partial charge in [-0.05, 0) is 24.6 Å². The minimum Gasteiger partial charge on any atom is -0.353 e. The molecule has 7 heteroatoms. The van der Waals surface area contributed by atoms with E-state index in [1.54, 1.807) is 10.8 Å². The molecule has 0 aliphatic carbocycles. The molecule has 3 aromatic rings. The largest absolute Gasteiger partial charge is 0.353 e. The van der Waals surface area contributed by atoms with Crippen molar-refractivity contribution in [3.63, 3.8) is 0 Å². The third kappa shape index (κ3) is 3.84. The van der Waals surface area contributed by atoms with Crippen LogP contribution in [0.3, 0.4) is 0 Å². The molecular weight excluding hydrogens is 372 g/mol. The molecule has 1 fully saturated rings. The van der Waals surface area contributed by atoms with Crippen LogP contribution in [0.2, 0.25) is 0 Å². The number of carbonyl (C=O) groups is 1. The third-order valence-corrected chi connectivity index (χ3v) is 5.79. The second kappa shape index (κ2) is 7.98. The molecule has 0 saturated carbocycles. The highest BCUT2D eigenvalue weighted by molar-refractivity contribution is 7.07. The highest BCUT2D eigenvalue weighted by Gasteiger charge is 2.23. The fourth-order valence-corrected chi connectivity index (χ4v) is 4.16. The Morgan fingerprint density at radius 1 is 1.07 bits per heavy atom. The lowest BCUT2D eigenvalue weighted by molar-refractivity contribution is -0.132. The van der Waals surface area contributed by atoms with Crippen molar-refractivity contribution in [2.45, 2.75) is 13.5 Å². The Morgan fingerprint density at radius 3 is 2.50 bits per heavy atom. The molecular formula is C21H22N4O2S. The van der Waals surface area contributed by atoms with Crippen LogP contribution < -0.4 is 9.77 Å². The predicted octanol–water partition coefficient (Wildman–Crippen LogP) is 2.63. The van der Waals surface area contributed by atoms with Gasteiger partial charge in [-0.25, -0.2) is 4.98 Å². The van der Waals surface area contributed by atoms with Crippen molar-refractivity contribution in [3.05, 3.63) is 69.3 Å². The second-order valence-corrected chi connectivity index (χ2v) is 7.72. The lowest BCUT2D eigenvalue weighted by atomic mass is 10.1. The topological polar surface area (TPSA) is 58.4 Å². The number of piperazine rings is 1. The summed E-state index contributed by atoms with van der Waals surface area (Å²) in [5, 5.41) is 1.83. The second-order valence-electron chi connectivity index (χ2n) is 6.89. The van der Waals surface area contributed by atoms with Crippen LogP contribution in [0.25, 0.3) is 11.3 Å². The van der Waals surface area contributed by atoms with Gasteiger partial charge in [0.15, 0.2) is 0 Å². The van der Waals surface area contributed by atoms with Gasteiger partial charge in [-0.2, -0.15) is 0 Å². The molecule has 1 amide bonds. The average molecular weight is 395 g/mol. The molecule has 0 bridgehead atoms. The number of aromatic nitrogens is 2. The number of benzene rings is 1. The number of hydrogen-bond acceptors (Lipinski definition) is 5. The standard InChI is InChI=1S/C21H22N4O2S/c1-16-5-7-17(8-6-16)18-15-28-21(27)25(18)14-20(26)24-12-10-23(11-13-24)19-4-2-3-9-22-19/h2-9,15H,10-14H2,1H3. The van der Waals surface area contributed by atoms with E-state index in [1.807, 2.05) is 59.7 Å². The third-order valence-electron chi connectivity index (χ3n) is 5.03. The summed E-state index contributed by atoms with van der Waals surface area (Å²) >= 11 is 1.14. The minimum absolute atomic E-state index is 0.0190. The lowest BCUT2D eigenvalue weighted by Crippen LogP contribution is -2.50. The van der Waals surface area contributed by atoms with E-state index < -0.39 is 0 Å². The Balaban J connectivity index is 1.44. The average Bonchev–Trinajstić information content (AvgIpc) is 3.09. The summed E-state index contributed by atoms with van der Waals surface area (Å²) < 4.78 is 1.59. The van der Waals surface area contributed by atoms with E-state index in [2.05, 4.69) is 9.88 Å². The molecule has 0 radical (unpaired) electrons. The molecule has 3 heterocycles. The van der Waals surface area contributed by atoms with Gasteiger partial charge in [-0.1, -0.05) is 47.2 Å². The lowest BCUT2D eigenvalue weighted by Gasteiger charge is -2.35. The van der Waals surface area contributed by atoms with Gasteiger partial charge in [0.25, 0.3) is 0 Å². The first kappa shape index (κ1) is 18.4. The van der Waals surface area contributed by atoms with Crippen LogP contribution in [-0.2, 0) is 11.3 Å². The van der Waals surface area contributed by atoms with E-state index in [9.17, 15) is 9.59 Å². The zero-order valence-electron chi connectivity index (χ0n) is 15.7. The number of amides is 1. The fourth-order valence-electron chi connectivity index (χ4n) is 3.39. The van der Waals surface area contributed by atoms with Crippen LogP contribution in [0.4, 0.5) is 5.82 Å². The highest BCUT2D eigenvalue weighted by atomic mass is 32.1. The summed E-state index contributed by atoms with van der Waals surface area (Å²) in [6.07, 6.45) is 1.78. The predicted molar refractivity (Wildman–Crippen MR) is 112 cm³/mol. The molecule has 1 aliphatic heterocycles. The molecule has 2 aromatic heterocycles. The number of anilines is 1. The molecule has 28 heavy (non-hydrogen) atoms. The van der Waals surface area contributed by atoms with Crippen LogP contribution in [-0.4, -0.2) is 46.5 Å². The number of carbonyl (C=O) groups excluding carboxylic acids is 1. The van der Waals surface area contributed by atoms with Crippen LogP contribution >= 0.6 is 11.3 Å². The molecule has 0 atom stereocenters. The number of nitrogens with zero attached hydrogens (tertiary/aromatic N) is 4. The van der Waals surface area contributed by atoms with Crippen molar-refractivity contribution in [1.82, 2.24) is 14.5 Å². The van der Waals surface area contributed by atoms with Crippen LogP contribution in [0.5, 0.6) is 0 Å². The molecule has 0 spiro atoms. The van der Waals surface area contributed by atoms with E-state index in [0.29, 0.717) is 13.1 Å². The molecule has 1 aromatic carbocycles. The van der Waals surface area contributed by atoms with E-state index >= 15 is 0 Å². The maximum absolute atomic E-state index is 12.8. The van der Waals surface area contributed by atoms with Crippen LogP contribution in [0, 0.1) is 6.92 Å². The SMILES string of the molecule is Cc1ccc(-c2csc(=O)n2CC(=O)N2CCN(c3ccccn3)CC2)cc1. The van der Waals surface area contributed by atoms with Gasteiger partial charge in [0.1, 0.15) is 12.4 Å². The van der Waals surface area contributed by atoms with Gasteiger partial charge in [0, 0.05) is 37.8 Å². The van der Waals surface area contributed by atoms with Gasteiger partial charge in [-0.3, -0.25) is 14.2 Å².